The molecule has 3 nitrogen and oxygen atoms in total. The monoisotopic (exact) mass is 226 g/mol. The molecule has 1 heterocycles. The van der Waals surface area contributed by atoms with E-state index in [0.29, 0.717) is 6.04 Å². The lowest BCUT2D eigenvalue weighted by Crippen LogP contribution is -2.53. The highest BCUT2D eigenvalue weighted by molar-refractivity contribution is 4.97. The third-order valence-electron chi connectivity index (χ3n) is 4.57. The molecule has 2 fully saturated rings. The molecule has 2 unspecified atom stereocenters. The summed E-state index contributed by atoms with van der Waals surface area (Å²) in [5.74, 6) is 0. The molecule has 0 aromatic carbocycles. The van der Waals surface area contributed by atoms with E-state index in [2.05, 4.69) is 30.6 Å². The zero-order valence-electron chi connectivity index (χ0n) is 10.9. The van der Waals surface area contributed by atoms with E-state index in [1.54, 1.807) is 0 Å². The number of aliphatic hydroxyl groups is 1. The molecule has 2 rings (SSSR count). The van der Waals surface area contributed by atoms with E-state index in [0.717, 1.165) is 26.1 Å². The van der Waals surface area contributed by atoms with Gasteiger partial charge < -0.3 is 10.0 Å². The minimum Gasteiger partial charge on any atom is -0.391 e. The summed E-state index contributed by atoms with van der Waals surface area (Å²) in [5.41, 5.74) is 0.118. The molecule has 0 aromatic rings. The van der Waals surface area contributed by atoms with Crippen LogP contribution in [0.2, 0.25) is 0 Å². The molecule has 16 heavy (non-hydrogen) atoms. The van der Waals surface area contributed by atoms with Gasteiger partial charge in [-0.1, -0.05) is 20.8 Å². The van der Waals surface area contributed by atoms with Gasteiger partial charge in [-0.2, -0.15) is 0 Å². The van der Waals surface area contributed by atoms with Crippen molar-refractivity contribution in [2.24, 2.45) is 5.41 Å². The van der Waals surface area contributed by atoms with E-state index in [1.165, 1.54) is 19.5 Å². The summed E-state index contributed by atoms with van der Waals surface area (Å²) in [6.07, 6.45) is 2.19. The Hall–Kier alpha value is -0.120. The molecule has 94 valence electrons. The van der Waals surface area contributed by atoms with Gasteiger partial charge in [0.1, 0.15) is 0 Å². The summed E-state index contributed by atoms with van der Waals surface area (Å²) in [4.78, 5) is 4.99. The molecule has 0 aromatic heterocycles. The number of hydrogen-bond acceptors (Lipinski definition) is 3. The fraction of sp³-hybridized carbons (Fsp3) is 1.00. The normalized spacial score (nSPS) is 36.8. The van der Waals surface area contributed by atoms with Gasteiger partial charge in [0.05, 0.1) is 6.10 Å². The maximum atomic E-state index is 10.3. The fourth-order valence-corrected chi connectivity index (χ4v) is 3.14. The van der Waals surface area contributed by atoms with E-state index >= 15 is 0 Å². The van der Waals surface area contributed by atoms with Gasteiger partial charge in [0.25, 0.3) is 0 Å². The second kappa shape index (κ2) is 4.63. The van der Waals surface area contributed by atoms with Crippen molar-refractivity contribution in [2.45, 2.75) is 45.8 Å². The van der Waals surface area contributed by atoms with Gasteiger partial charge in [0.15, 0.2) is 0 Å². The first-order valence-electron chi connectivity index (χ1n) is 6.69. The van der Waals surface area contributed by atoms with E-state index in [-0.39, 0.29) is 11.5 Å². The lowest BCUT2D eigenvalue weighted by Gasteiger charge is -2.40. The molecule has 1 N–H and O–H groups in total. The zero-order valence-corrected chi connectivity index (χ0v) is 10.9. The molecule has 1 saturated heterocycles. The van der Waals surface area contributed by atoms with Crippen molar-refractivity contribution in [1.82, 2.24) is 9.80 Å². The van der Waals surface area contributed by atoms with Gasteiger partial charge in [0.2, 0.25) is 0 Å². The molecule has 3 heteroatoms. The summed E-state index contributed by atoms with van der Waals surface area (Å²) in [7, 11) is 0. The lowest BCUT2D eigenvalue weighted by atomic mass is 9.88. The first-order chi connectivity index (χ1) is 7.54. The van der Waals surface area contributed by atoms with Crippen molar-refractivity contribution in [3.63, 3.8) is 0 Å². The molecule has 1 aliphatic heterocycles. The first kappa shape index (κ1) is 12.3. The topological polar surface area (TPSA) is 26.7 Å². The summed E-state index contributed by atoms with van der Waals surface area (Å²) in [5, 5.41) is 10.3. The molecule has 0 amide bonds. The molecule has 0 bridgehead atoms. The number of aliphatic hydroxyl groups excluding tert-OH is 1. The van der Waals surface area contributed by atoms with Crippen molar-refractivity contribution in [3.05, 3.63) is 0 Å². The van der Waals surface area contributed by atoms with Crippen molar-refractivity contribution < 1.29 is 5.11 Å². The molecule has 1 aliphatic carbocycles. The van der Waals surface area contributed by atoms with Gasteiger partial charge >= 0.3 is 0 Å². The predicted octanol–water partition coefficient (Wildman–Crippen LogP) is 1.17. The van der Waals surface area contributed by atoms with Crippen LogP contribution in [0.5, 0.6) is 0 Å². The van der Waals surface area contributed by atoms with Gasteiger partial charge in [-0.15, -0.1) is 0 Å². The Morgan fingerprint density at radius 1 is 1.19 bits per heavy atom. The Kier molecular flexibility index (Phi) is 3.57. The zero-order chi connectivity index (χ0) is 11.8. The Morgan fingerprint density at radius 2 is 1.81 bits per heavy atom. The highest BCUT2D eigenvalue weighted by Crippen LogP contribution is 2.39. The number of piperazine rings is 1. The quantitative estimate of drug-likeness (QED) is 0.766. The minimum atomic E-state index is -0.138. The third-order valence-corrected chi connectivity index (χ3v) is 4.57. The SMILES string of the molecule is CCN1CCN(C2CCC(C)(C)C2O)CC1. The molecular formula is C13H26N2O. The summed E-state index contributed by atoms with van der Waals surface area (Å²) in [6.45, 7) is 12.4. The van der Waals surface area contributed by atoms with Crippen LogP contribution in [0.15, 0.2) is 0 Å². The average Bonchev–Trinajstić information content (AvgIpc) is 2.55. The van der Waals surface area contributed by atoms with Gasteiger partial charge in [0, 0.05) is 32.2 Å². The third kappa shape index (κ3) is 2.27. The number of rotatable bonds is 2. The number of likely N-dealkylation sites (N-methyl/N-ethyl adjacent to an activating group) is 1. The Balaban J connectivity index is 1.90. The summed E-state index contributed by atoms with van der Waals surface area (Å²) < 4.78 is 0. The molecule has 2 aliphatic rings. The maximum absolute atomic E-state index is 10.3. The van der Waals surface area contributed by atoms with Crippen molar-refractivity contribution in [3.8, 4) is 0 Å². The van der Waals surface area contributed by atoms with E-state index in [4.69, 9.17) is 0 Å². The standard InChI is InChI=1S/C13H26N2O/c1-4-14-7-9-15(10-8-14)11-5-6-13(2,3)12(11)16/h11-12,16H,4-10H2,1-3H3. The second-order valence-electron chi connectivity index (χ2n) is 6.01. The largest absolute Gasteiger partial charge is 0.391 e. The summed E-state index contributed by atoms with van der Waals surface area (Å²) >= 11 is 0. The van der Waals surface area contributed by atoms with E-state index in [1.807, 2.05) is 0 Å². The Morgan fingerprint density at radius 3 is 2.25 bits per heavy atom. The van der Waals surface area contributed by atoms with E-state index < -0.39 is 0 Å². The van der Waals surface area contributed by atoms with Crippen LogP contribution in [0, 0.1) is 5.41 Å². The maximum Gasteiger partial charge on any atom is 0.0746 e. The van der Waals surface area contributed by atoms with Crippen LogP contribution in [0.1, 0.15) is 33.6 Å². The van der Waals surface area contributed by atoms with Crippen LogP contribution in [0.3, 0.4) is 0 Å². The minimum absolute atomic E-state index is 0.118. The number of nitrogens with zero attached hydrogens (tertiary/aromatic N) is 2. The van der Waals surface area contributed by atoms with Crippen LogP contribution in [0.25, 0.3) is 0 Å². The van der Waals surface area contributed by atoms with Gasteiger partial charge in [-0.3, -0.25) is 4.90 Å². The summed E-state index contributed by atoms with van der Waals surface area (Å²) in [6, 6.07) is 0.411. The molecule has 1 saturated carbocycles. The van der Waals surface area contributed by atoms with Crippen LogP contribution >= 0.6 is 0 Å². The number of hydrogen-bond donors (Lipinski definition) is 1. The smallest absolute Gasteiger partial charge is 0.0746 e. The van der Waals surface area contributed by atoms with Crippen LogP contribution in [-0.2, 0) is 0 Å². The highest BCUT2D eigenvalue weighted by Gasteiger charge is 2.43. The second-order valence-corrected chi connectivity index (χ2v) is 6.01. The first-order valence-corrected chi connectivity index (χ1v) is 6.69. The van der Waals surface area contributed by atoms with Crippen molar-refractivity contribution in [2.75, 3.05) is 32.7 Å². The van der Waals surface area contributed by atoms with Crippen LogP contribution < -0.4 is 0 Å². The lowest BCUT2D eigenvalue weighted by molar-refractivity contribution is -0.00243. The Labute approximate surface area is 99.4 Å². The van der Waals surface area contributed by atoms with Crippen molar-refractivity contribution in [1.29, 1.82) is 0 Å². The molecule has 0 spiro atoms. The highest BCUT2D eigenvalue weighted by atomic mass is 16.3. The Bertz CT molecular complexity index is 234. The van der Waals surface area contributed by atoms with Gasteiger partial charge in [-0.25, -0.2) is 0 Å². The van der Waals surface area contributed by atoms with Crippen LogP contribution in [0.4, 0.5) is 0 Å². The van der Waals surface area contributed by atoms with E-state index in [9.17, 15) is 5.11 Å². The fourth-order valence-electron chi connectivity index (χ4n) is 3.14. The molecule has 2 atom stereocenters. The van der Waals surface area contributed by atoms with Gasteiger partial charge in [-0.05, 0) is 24.8 Å². The van der Waals surface area contributed by atoms with Crippen LogP contribution in [-0.4, -0.2) is 59.8 Å². The average molecular weight is 226 g/mol. The van der Waals surface area contributed by atoms with Crippen molar-refractivity contribution >= 4 is 0 Å². The molecule has 0 radical (unpaired) electrons. The predicted molar refractivity (Wildman–Crippen MR) is 66.5 cm³/mol. The molecular weight excluding hydrogens is 200 g/mol.